The van der Waals surface area contributed by atoms with Crippen molar-refractivity contribution >= 4 is 0 Å². The van der Waals surface area contributed by atoms with Crippen molar-refractivity contribution < 1.29 is 5.11 Å². The smallest absolute Gasteiger partial charge is 0.134 e. The second-order valence-electron chi connectivity index (χ2n) is 3.77. The van der Waals surface area contributed by atoms with Crippen LogP contribution in [0.3, 0.4) is 0 Å². The molecule has 1 heterocycles. The highest BCUT2D eigenvalue weighted by atomic mass is 16.3. The Balaban J connectivity index is 2.50. The van der Waals surface area contributed by atoms with Crippen molar-refractivity contribution in [2.45, 2.75) is 26.5 Å². The normalized spacial score (nSPS) is 42.0. The summed E-state index contributed by atoms with van der Waals surface area (Å²) in [5.74, 6) is 0.951. The molecule has 60 valence electrons. The zero-order valence-electron chi connectivity index (χ0n) is 7.26. The maximum atomic E-state index is 9.76. The Hall–Kier alpha value is -0.0800. The summed E-state index contributed by atoms with van der Waals surface area (Å²) in [4.78, 5) is 1.98. The van der Waals surface area contributed by atoms with E-state index in [-0.39, 0.29) is 0 Å². The van der Waals surface area contributed by atoms with Gasteiger partial charge in [0.15, 0.2) is 0 Å². The fourth-order valence-corrected chi connectivity index (χ4v) is 1.34. The first kappa shape index (κ1) is 8.02. The van der Waals surface area contributed by atoms with Crippen molar-refractivity contribution in [3.63, 3.8) is 0 Å². The van der Waals surface area contributed by atoms with Crippen molar-refractivity contribution in [3.8, 4) is 0 Å². The molecular weight excluding hydrogens is 126 g/mol. The van der Waals surface area contributed by atoms with Crippen molar-refractivity contribution in [1.82, 2.24) is 4.90 Å². The minimum atomic E-state index is -0.478. The maximum absolute atomic E-state index is 9.76. The van der Waals surface area contributed by atoms with Crippen LogP contribution in [-0.2, 0) is 0 Å². The largest absolute Gasteiger partial charge is 0.374 e. The van der Waals surface area contributed by atoms with Gasteiger partial charge in [0, 0.05) is 12.5 Å². The maximum Gasteiger partial charge on any atom is 0.134 e. The molecule has 0 bridgehead atoms. The second-order valence-corrected chi connectivity index (χ2v) is 3.77. The van der Waals surface area contributed by atoms with E-state index in [1.165, 1.54) is 0 Å². The van der Waals surface area contributed by atoms with E-state index in [9.17, 15) is 5.11 Å². The summed E-state index contributed by atoms with van der Waals surface area (Å²) in [7, 11) is 1.96. The van der Waals surface area contributed by atoms with E-state index in [1.807, 2.05) is 11.9 Å². The minimum absolute atomic E-state index is 0.387. The average Bonchev–Trinajstić information content (AvgIpc) is 2.41. The zero-order chi connectivity index (χ0) is 7.94. The van der Waals surface area contributed by atoms with E-state index in [0.717, 1.165) is 6.54 Å². The molecule has 1 aliphatic heterocycles. The summed E-state index contributed by atoms with van der Waals surface area (Å²) in [5, 5.41) is 9.76. The van der Waals surface area contributed by atoms with Crippen LogP contribution in [0.2, 0.25) is 0 Å². The lowest BCUT2D eigenvalue weighted by Gasteiger charge is -2.21. The van der Waals surface area contributed by atoms with E-state index < -0.39 is 5.72 Å². The molecule has 2 nitrogen and oxygen atoms in total. The van der Waals surface area contributed by atoms with Crippen LogP contribution in [0.1, 0.15) is 20.8 Å². The fraction of sp³-hybridized carbons (Fsp3) is 1.00. The molecule has 1 rings (SSSR count). The minimum Gasteiger partial charge on any atom is -0.374 e. The lowest BCUT2D eigenvalue weighted by atomic mass is 9.92. The van der Waals surface area contributed by atoms with Crippen LogP contribution in [0.5, 0.6) is 0 Å². The Kier molecular flexibility index (Phi) is 1.77. The molecule has 0 aromatic rings. The molecule has 3 unspecified atom stereocenters. The first-order chi connectivity index (χ1) is 4.48. The van der Waals surface area contributed by atoms with Gasteiger partial charge in [0.25, 0.3) is 0 Å². The summed E-state index contributed by atoms with van der Waals surface area (Å²) < 4.78 is 0. The molecule has 0 radical (unpaired) electrons. The van der Waals surface area contributed by atoms with Gasteiger partial charge in [-0.25, -0.2) is 0 Å². The Morgan fingerprint density at radius 3 is 1.90 bits per heavy atom. The number of β-amino-alcohol motifs (C(OH)–C–C–N with tert-alkyl or cyclic N) is 1. The predicted molar refractivity (Wildman–Crippen MR) is 41.6 cm³/mol. The van der Waals surface area contributed by atoms with Crippen LogP contribution in [0.25, 0.3) is 0 Å². The molecule has 1 fully saturated rings. The Morgan fingerprint density at radius 1 is 1.40 bits per heavy atom. The fourth-order valence-electron chi connectivity index (χ4n) is 1.34. The van der Waals surface area contributed by atoms with Crippen LogP contribution >= 0.6 is 0 Å². The van der Waals surface area contributed by atoms with Gasteiger partial charge in [0.2, 0.25) is 0 Å². The summed E-state index contributed by atoms with van der Waals surface area (Å²) in [6.07, 6.45) is 0. The summed E-state index contributed by atoms with van der Waals surface area (Å²) in [6.45, 7) is 7.24. The molecule has 10 heavy (non-hydrogen) atoms. The molecule has 0 spiro atoms. The van der Waals surface area contributed by atoms with Gasteiger partial charge >= 0.3 is 0 Å². The summed E-state index contributed by atoms with van der Waals surface area (Å²) in [6, 6.07) is 0. The van der Waals surface area contributed by atoms with Gasteiger partial charge in [-0.05, 0) is 13.0 Å². The number of nitrogens with zero attached hydrogens (tertiary/aromatic N) is 1. The summed E-state index contributed by atoms with van der Waals surface area (Å²) >= 11 is 0. The second kappa shape index (κ2) is 2.21. The van der Waals surface area contributed by atoms with Gasteiger partial charge in [0.1, 0.15) is 5.72 Å². The first-order valence-electron chi connectivity index (χ1n) is 3.92. The molecule has 0 saturated carbocycles. The van der Waals surface area contributed by atoms with E-state index >= 15 is 0 Å². The van der Waals surface area contributed by atoms with E-state index in [2.05, 4.69) is 20.8 Å². The van der Waals surface area contributed by atoms with E-state index in [0.29, 0.717) is 11.8 Å². The molecule has 3 atom stereocenters. The monoisotopic (exact) mass is 143 g/mol. The molecule has 0 aromatic carbocycles. The predicted octanol–water partition coefficient (Wildman–Crippen LogP) is 0.913. The van der Waals surface area contributed by atoms with Crippen molar-refractivity contribution in [2.24, 2.45) is 11.8 Å². The van der Waals surface area contributed by atoms with Crippen LogP contribution < -0.4 is 0 Å². The Bertz CT molecular complexity index is 135. The quantitative estimate of drug-likeness (QED) is 0.581. The lowest BCUT2D eigenvalue weighted by Crippen LogP contribution is -2.29. The third kappa shape index (κ3) is 1.06. The Labute approximate surface area is 62.8 Å². The van der Waals surface area contributed by atoms with E-state index in [4.69, 9.17) is 0 Å². The molecule has 1 aliphatic rings. The third-order valence-corrected chi connectivity index (χ3v) is 2.76. The molecular formula is C8H17NO. The lowest BCUT2D eigenvalue weighted by molar-refractivity contribution is 0.0239. The number of hydrogen-bond donors (Lipinski definition) is 1. The highest BCUT2D eigenvalue weighted by molar-refractivity contribution is 4.99. The van der Waals surface area contributed by atoms with Crippen molar-refractivity contribution in [2.75, 3.05) is 13.6 Å². The van der Waals surface area contributed by atoms with Crippen LogP contribution in [-0.4, -0.2) is 29.3 Å². The van der Waals surface area contributed by atoms with Crippen LogP contribution in [0.4, 0.5) is 0 Å². The SMILES string of the molecule is CC(C)C(C)C1(O)CN1C. The van der Waals surface area contributed by atoms with Gasteiger partial charge < -0.3 is 5.11 Å². The molecule has 1 N–H and O–H groups in total. The zero-order valence-corrected chi connectivity index (χ0v) is 7.26. The van der Waals surface area contributed by atoms with Crippen molar-refractivity contribution in [1.29, 1.82) is 0 Å². The Morgan fingerprint density at radius 2 is 1.80 bits per heavy atom. The van der Waals surface area contributed by atoms with Crippen LogP contribution in [0, 0.1) is 11.8 Å². The standard InChI is InChI=1S/C8H17NO/c1-6(2)7(3)8(10)5-9(8)4/h6-7,10H,5H2,1-4H3. The molecule has 0 aromatic heterocycles. The van der Waals surface area contributed by atoms with Crippen molar-refractivity contribution in [3.05, 3.63) is 0 Å². The number of rotatable bonds is 2. The molecule has 0 amide bonds. The van der Waals surface area contributed by atoms with Gasteiger partial charge in [0.05, 0.1) is 0 Å². The van der Waals surface area contributed by atoms with Gasteiger partial charge in [-0.1, -0.05) is 20.8 Å². The first-order valence-corrected chi connectivity index (χ1v) is 3.92. The third-order valence-electron chi connectivity index (χ3n) is 2.76. The average molecular weight is 143 g/mol. The molecule has 0 aliphatic carbocycles. The number of hydrogen-bond acceptors (Lipinski definition) is 2. The van der Waals surface area contributed by atoms with Gasteiger partial charge in [-0.2, -0.15) is 0 Å². The molecule has 2 heteroatoms. The molecule has 1 saturated heterocycles. The number of likely N-dealkylation sites (N-methyl/N-ethyl adjacent to an activating group) is 1. The summed E-state index contributed by atoms with van der Waals surface area (Å²) in [5.41, 5.74) is -0.478. The van der Waals surface area contributed by atoms with E-state index in [1.54, 1.807) is 0 Å². The van der Waals surface area contributed by atoms with Gasteiger partial charge in [-0.3, -0.25) is 4.90 Å². The number of aliphatic hydroxyl groups is 1. The van der Waals surface area contributed by atoms with Gasteiger partial charge in [-0.15, -0.1) is 0 Å². The topological polar surface area (TPSA) is 23.2 Å². The highest BCUT2D eigenvalue weighted by Crippen LogP contribution is 2.38. The van der Waals surface area contributed by atoms with Crippen LogP contribution in [0.15, 0.2) is 0 Å². The highest BCUT2D eigenvalue weighted by Gasteiger charge is 2.52.